The van der Waals surface area contributed by atoms with E-state index in [4.69, 9.17) is 26.1 Å². The zero-order valence-corrected chi connectivity index (χ0v) is 21.1. The first-order valence-electron chi connectivity index (χ1n) is 10.2. The Labute approximate surface area is 207 Å². The highest BCUT2D eigenvalue weighted by molar-refractivity contribution is 7.89. The number of hydrogen-bond donors (Lipinski definition) is 2. The number of ether oxygens (including phenoxy) is 1. The van der Waals surface area contributed by atoms with Crippen LogP contribution in [0.15, 0.2) is 77.7 Å². The van der Waals surface area contributed by atoms with E-state index in [1.165, 1.54) is 23.5 Å². The second-order valence-electron chi connectivity index (χ2n) is 7.69. The molecule has 0 radical (unpaired) electrons. The van der Waals surface area contributed by atoms with Crippen molar-refractivity contribution in [2.24, 2.45) is 0 Å². The second-order valence-corrected chi connectivity index (χ2v) is 11.6. The Balaban J connectivity index is 2.09. The van der Waals surface area contributed by atoms with Gasteiger partial charge in [-0.25, -0.2) is 8.42 Å². The maximum Gasteiger partial charge on any atom is 0.399 e. The predicted molar refractivity (Wildman–Crippen MR) is 128 cm³/mol. The average molecular weight is 546 g/mol. The molecule has 0 saturated heterocycles. The molecule has 3 rings (SSSR count). The molecule has 3 aromatic carbocycles. The third-order valence-electron chi connectivity index (χ3n) is 5.43. The molecule has 0 saturated carbocycles. The molecule has 0 aliphatic carbocycles. The van der Waals surface area contributed by atoms with Crippen molar-refractivity contribution in [3.63, 3.8) is 0 Å². The van der Waals surface area contributed by atoms with E-state index in [-0.39, 0.29) is 22.8 Å². The summed E-state index contributed by atoms with van der Waals surface area (Å²) in [6.07, 6.45) is 0. The summed E-state index contributed by atoms with van der Waals surface area (Å²) in [5.74, 6) is 0.132. The number of rotatable bonds is 9. The minimum absolute atomic E-state index is 0.0824. The molecule has 3 aromatic rings. The molecule has 35 heavy (non-hydrogen) atoms. The Morgan fingerprint density at radius 1 is 1.06 bits per heavy atom. The Hall–Kier alpha value is -2.33. The van der Waals surface area contributed by atoms with Crippen molar-refractivity contribution in [1.29, 1.82) is 0 Å². The van der Waals surface area contributed by atoms with Gasteiger partial charge in [0.15, 0.2) is 0 Å². The van der Waals surface area contributed by atoms with E-state index in [2.05, 4.69) is 0 Å². The molecule has 1 unspecified atom stereocenters. The Morgan fingerprint density at radius 3 is 2.23 bits per heavy atom. The lowest BCUT2D eigenvalue weighted by Gasteiger charge is -2.30. The topological polar surface area (TPSA) is 104 Å². The molecule has 188 valence electrons. The highest BCUT2D eigenvalue weighted by atomic mass is 35.5. The van der Waals surface area contributed by atoms with Crippen LogP contribution in [-0.4, -0.2) is 29.6 Å². The van der Waals surface area contributed by atoms with Gasteiger partial charge in [0.05, 0.1) is 17.7 Å². The van der Waals surface area contributed by atoms with Gasteiger partial charge in [-0.2, -0.15) is 13.1 Å². The minimum atomic E-state index is -5.83. The Morgan fingerprint density at radius 2 is 1.66 bits per heavy atom. The number of sulfonamides is 1. The number of benzene rings is 3. The van der Waals surface area contributed by atoms with Crippen molar-refractivity contribution >= 4 is 29.2 Å². The van der Waals surface area contributed by atoms with Gasteiger partial charge in [0.1, 0.15) is 10.6 Å². The van der Waals surface area contributed by atoms with Gasteiger partial charge < -0.3 is 14.5 Å². The van der Waals surface area contributed by atoms with E-state index >= 15 is 0 Å². The maximum atomic E-state index is 14.2. The van der Waals surface area contributed by atoms with Gasteiger partial charge in [-0.15, -0.1) is 0 Å². The molecule has 1 atom stereocenters. The van der Waals surface area contributed by atoms with Crippen molar-refractivity contribution in [3.05, 3.63) is 94.5 Å². The number of nitrogens with zero attached hydrogens (tertiary/aromatic N) is 1. The van der Waals surface area contributed by atoms with E-state index in [1.54, 1.807) is 49.4 Å². The van der Waals surface area contributed by atoms with E-state index in [0.717, 1.165) is 18.2 Å². The predicted octanol–water partition coefficient (Wildman–Crippen LogP) is 5.53. The lowest BCUT2D eigenvalue weighted by molar-refractivity contribution is 0.0565. The Bertz CT molecular complexity index is 1350. The summed E-state index contributed by atoms with van der Waals surface area (Å²) in [5, 5.41) is -0.599. The highest BCUT2D eigenvalue weighted by Crippen LogP contribution is 2.60. The third kappa shape index (κ3) is 5.58. The van der Waals surface area contributed by atoms with E-state index in [9.17, 15) is 21.8 Å². The van der Waals surface area contributed by atoms with Crippen LogP contribution >= 0.6 is 19.2 Å². The minimum Gasteiger partial charge on any atom is -0.495 e. The fourth-order valence-corrected chi connectivity index (χ4v) is 6.19. The molecule has 0 aliphatic heterocycles. The number of halogens is 3. The van der Waals surface area contributed by atoms with Crippen LogP contribution in [0.1, 0.15) is 29.7 Å². The van der Waals surface area contributed by atoms with E-state index < -0.39 is 39.9 Å². The maximum absolute atomic E-state index is 14.2. The number of alkyl halides is 2. The molecule has 0 bridgehead atoms. The summed E-state index contributed by atoms with van der Waals surface area (Å²) in [4.78, 5) is 18.0. The van der Waals surface area contributed by atoms with Crippen molar-refractivity contribution in [1.82, 2.24) is 4.31 Å². The van der Waals surface area contributed by atoms with Crippen LogP contribution in [-0.2, 0) is 26.8 Å². The van der Waals surface area contributed by atoms with E-state index in [0.29, 0.717) is 5.56 Å². The molecule has 12 heteroatoms. The lowest BCUT2D eigenvalue weighted by atomic mass is 10.1. The zero-order chi connectivity index (χ0) is 26.0. The summed E-state index contributed by atoms with van der Waals surface area (Å²) < 4.78 is 73.6. The van der Waals surface area contributed by atoms with Gasteiger partial charge >= 0.3 is 13.3 Å². The Kier molecular flexibility index (Phi) is 8.06. The SMILES string of the molecule is COc1ccccc1S(=O)(=O)N(Cc1ccc(C(F)(F)P(=O)(O)O)c(Cl)c1)C(C)c1ccccc1. The summed E-state index contributed by atoms with van der Waals surface area (Å²) in [7, 11) is -8.65. The zero-order valence-electron chi connectivity index (χ0n) is 18.7. The molecule has 0 spiro atoms. The van der Waals surface area contributed by atoms with Crippen molar-refractivity contribution in [3.8, 4) is 5.75 Å². The number of hydrogen-bond acceptors (Lipinski definition) is 4. The first kappa shape index (κ1) is 27.3. The molecule has 0 heterocycles. The van der Waals surface area contributed by atoms with Crippen LogP contribution in [0.5, 0.6) is 5.75 Å². The van der Waals surface area contributed by atoms with Crippen LogP contribution in [0, 0.1) is 0 Å². The van der Waals surface area contributed by atoms with Crippen LogP contribution < -0.4 is 4.74 Å². The fourth-order valence-electron chi connectivity index (χ4n) is 3.52. The number of methoxy groups -OCH3 is 1. The molecule has 0 aromatic heterocycles. The van der Waals surface area contributed by atoms with Crippen LogP contribution in [0.2, 0.25) is 5.02 Å². The van der Waals surface area contributed by atoms with Crippen molar-refractivity contribution < 1.29 is 36.3 Å². The smallest absolute Gasteiger partial charge is 0.399 e. The monoisotopic (exact) mass is 545 g/mol. The van der Waals surface area contributed by atoms with E-state index in [1.807, 2.05) is 0 Å². The molecule has 2 N–H and O–H groups in total. The van der Waals surface area contributed by atoms with Gasteiger partial charge in [-0.1, -0.05) is 66.2 Å². The molecular weight excluding hydrogens is 523 g/mol. The number of para-hydroxylation sites is 1. The lowest BCUT2D eigenvalue weighted by Crippen LogP contribution is -2.33. The van der Waals surface area contributed by atoms with Crippen LogP contribution in [0.25, 0.3) is 0 Å². The van der Waals surface area contributed by atoms with Gasteiger partial charge in [-0.05, 0) is 36.2 Å². The van der Waals surface area contributed by atoms with Crippen LogP contribution in [0.4, 0.5) is 8.78 Å². The summed E-state index contributed by atoms with van der Waals surface area (Å²) in [5.41, 5.74) is -4.63. The molecule has 7 nitrogen and oxygen atoms in total. The second kappa shape index (κ2) is 10.3. The van der Waals surface area contributed by atoms with Gasteiger partial charge in [0.2, 0.25) is 10.0 Å². The quantitative estimate of drug-likeness (QED) is 0.343. The van der Waals surface area contributed by atoms with Gasteiger partial charge in [0.25, 0.3) is 0 Å². The summed E-state index contributed by atoms with van der Waals surface area (Å²) in [6.45, 7) is 1.41. The summed E-state index contributed by atoms with van der Waals surface area (Å²) >= 11 is 5.97. The first-order chi connectivity index (χ1) is 16.3. The first-order valence-corrected chi connectivity index (χ1v) is 13.7. The van der Waals surface area contributed by atoms with Gasteiger partial charge in [-0.3, -0.25) is 4.57 Å². The molecule has 0 amide bonds. The molecule has 0 fully saturated rings. The standard InChI is InChI=1S/C23H23ClF2NO6PS/c1-16(18-8-4-3-5-9-18)27(35(31,32)22-11-7-6-10-21(22)33-2)15-17-12-13-19(20(24)14-17)23(25,26)34(28,29)30/h3-14,16H,15H2,1-2H3,(H2,28,29,30). The normalized spacial score (nSPS) is 13.6. The molecule has 0 aliphatic rings. The van der Waals surface area contributed by atoms with Crippen molar-refractivity contribution in [2.45, 2.75) is 30.1 Å². The van der Waals surface area contributed by atoms with Crippen molar-refractivity contribution in [2.75, 3.05) is 7.11 Å². The average Bonchev–Trinajstić information content (AvgIpc) is 2.81. The van der Waals surface area contributed by atoms with Crippen LogP contribution in [0.3, 0.4) is 0 Å². The van der Waals surface area contributed by atoms with Gasteiger partial charge in [0, 0.05) is 12.6 Å². The third-order valence-corrected chi connectivity index (χ3v) is 8.67. The highest BCUT2D eigenvalue weighted by Gasteiger charge is 2.51. The summed E-state index contributed by atoms with van der Waals surface area (Å²) in [6, 6.07) is 17.2. The largest absolute Gasteiger partial charge is 0.495 e. The molecular formula is C23H23ClF2NO6PS. The fraction of sp³-hybridized carbons (Fsp3) is 0.217.